The lowest BCUT2D eigenvalue weighted by Gasteiger charge is -2.09. The number of hydrogen-bond donors (Lipinski definition) is 6. The molecule has 17 heavy (non-hydrogen) atoms. The summed E-state index contributed by atoms with van der Waals surface area (Å²) in [4.78, 5) is 22.7. The molecule has 0 saturated heterocycles. The van der Waals surface area contributed by atoms with Crippen molar-refractivity contribution in [2.45, 2.75) is 32.1 Å². The molecule has 0 unspecified atom stereocenters. The fraction of sp³-hybridized carbons (Fsp3) is 1.00. The van der Waals surface area contributed by atoms with E-state index in [4.69, 9.17) is 30.0 Å². The molecule has 0 heterocycles. The van der Waals surface area contributed by atoms with Crippen LogP contribution in [0.25, 0.3) is 0 Å². The molecule has 0 aromatic rings. The van der Waals surface area contributed by atoms with Crippen LogP contribution in [0.4, 0.5) is 0 Å². The first-order valence-electron chi connectivity index (χ1n) is 5.46. The van der Waals surface area contributed by atoms with E-state index in [2.05, 4.69) is 11.8 Å². The fourth-order valence-electron chi connectivity index (χ4n) is 1.14. The molecule has 0 spiro atoms. The van der Waals surface area contributed by atoms with Crippen molar-refractivity contribution in [3.05, 3.63) is 0 Å². The Morgan fingerprint density at radius 1 is 0.824 bits per heavy atom. The topological polar surface area (TPSA) is 121 Å². The van der Waals surface area contributed by atoms with Crippen molar-refractivity contribution >= 4 is 18.5 Å². The minimum Gasteiger partial charge on any atom is -0.396 e. The van der Waals surface area contributed by atoms with Gasteiger partial charge in [-0.2, -0.15) is 0 Å². The lowest BCUT2D eigenvalue weighted by atomic mass is 10.0. The molecule has 0 rings (SSSR count). The Labute approximate surface area is 107 Å². The third-order valence-corrected chi connectivity index (χ3v) is 2.04. The first-order valence-corrected chi connectivity index (χ1v) is 8.12. The smallest absolute Gasteiger partial charge is 0.319 e. The summed E-state index contributed by atoms with van der Waals surface area (Å²) in [5.74, 6) is 0.0547. The molecular formula is C9H23O6PS. The summed E-state index contributed by atoms with van der Waals surface area (Å²) in [5, 5.41) is 25.9. The summed E-state index contributed by atoms with van der Waals surface area (Å²) < 4.78 is 0. The van der Waals surface area contributed by atoms with Crippen LogP contribution in [0.3, 0.4) is 0 Å². The number of rotatable bonds is 8. The van der Waals surface area contributed by atoms with E-state index in [1.165, 1.54) is 0 Å². The van der Waals surface area contributed by atoms with Gasteiger partial charge in [0.1, 0.15) is 0 Å². The summed E-state index contributed by atoms with van der Waals surface area (Å²) in [6.07, 6.45) is 4.91. The summed E-state index contributed by atoms with van der Waals surface area (Å²) in [6, 6.07) is 0. The van der Waals surface area contributed by atoms with Crippen molar-refractivity contribution in [1.29, 1.82) is 0 Å². The van der Waals surface area contributed by atoms with Crippen molar-refractivity contribution in [2.24, 2.45) is 5.92 Å². The van der Waals surface area contributed by atoms with Crippen LogP contribution in [-0.2, 0) is 11.8 Å². The average Bonchev–Trinajstić information content (AvgIpc) is 2.21. The Morgan fingerprint density at radius 3 is 1.59 bits per heavy atom. The van der Waals surface area contributed by atoms with Gasteiger partial charge in [-0.15, -0.1) is 0 Å². The van der Waals surface area contributed by atoms with Crippen LogP contribution >= 0.6 is 6.72 Å². The molecule has 0 aliphatic heterocycles. The van der Waals surface area contributed by atoms with Gasteiger partial charge in [-0.3, -0.25) is 0 Å². The lowest BCUT2D eigenvalue weighted by molar-refractivity contribution is 0.141. The molecule has 0 bridgehead atoms. The zero-order chi connectivity index (χ0) is 13.7. The quantitative estimate of drug-likeness (QED) is 0.268. The largest absolute Gasteiger partial charge is 0.396 e. The van der Waals surface area contributed by atoms with Gasteiger partial charge in [0.05, 0.1) is 0 Å². The maximum atomic E-state index is 8.73. The van der Waals surface area contributed by atoms with Crippen molar-refractivity contribution in [3.63, 3.8) is 0 Å². The number of unbranched alkanes of at least 4 members (excludes halogenated alkanes) is 3. The molecule has 0 amide bonds. The molecule has 0 aromatic carbocycles. The summed E-state index contributed by atoms with van der Waals surface area (Å²) in [7, 11) is 0. The zero-order valence-corrected chi connectivity index (χ0v) is 11.5. The van der Waals surface area contributed by atoms with Crippen LogP contribution in [0.1, 0.15) is 32.1 Å². The fourth-order valence-corrected chi connectivity index (χ4v) is 1.14. The van der Waals surface area contributed by atoms with E-state index in [1.807, 2.05) is 0 Å². The highest BCUT2D eigenvalue weighted by atomic mass is 32.5. The molecule has 0 fully saturated rings. The predicted molar refractivity (Wildman–Crippen MR) is 68.8 cm³/mol. The molecule has 8 heteroatoms. The molecule has 0 aliphatic carbocycles. The van der Waals surface area contributed by atoms with E-state index in [0.717, 1.165) is 32.1 Å². The summed E-state index contributed by atoms with van der Waals surface area (Å²) >= 11 is 3.60. The van der Waals surface area contributed by atoms with Gasteiger partial charge >= 0.3 is 6.72 Å². The van der Waals surface area contributed by atoms with Crippen LogP contribution in [0.15, 0.2) is 0 Å². The summed E-state index contributed by atoms with van der Waals surface area (Å²) in [6.45, 7) is -3.38. The average molecular weight is 290 g/mol. The Balaban J connectivity index is 0. The van der Waals surface area contributed by atoms with Crippen LogP contribution in [0, 0.1) is 5.92 Å². The van der Waals surface area contributed by atoms with E-state index >= 15 is 0 Å². The van der Waals surface area contributed by atoms with E-state index in [1.54, 1.807) is 0 Å². The van der Waals surface area contributed by atoms with Gasteiger partial charge in [-0.25, -0.2) is 0 Å². The first kappa shape index (κ1) is 19.7. The Hall–Kier alpha value is 0.410. The van der Waals surface area contributed by atoms with Crippen LogP contribution < -0.4 is 0 Å². The maximum absolute atomic E-state index is 8.73. The molecule has 0 aromatic heterocycles. The third-order valence-electron chi connectivity index (χ3n) is 2.04. The minimum atomic E-state index is -3.81. The first-order chi connectivity index (χ1) is 7.85. The van der Waals surface area contributed by atoms with Crippen LogP contribution in [0.5, 0.6) is 0 Å². The van der Waals surface area contributed by atoms with Gasteiger partial charge in [-0.1, -0.05) is 19.3 Å². The van der Waals surface area contributed by atoms with Gasteiger partial charge in [0, 0.05) is 25.7 Å². The monoisotopic (exact) mass is 290 g/mol. The Kier molecular flexibility index (Phi) is 14.9. The second kappa shape index (κ2) is 12.9. The van der Waals surface area contributed by atoms with Gasteiger partial charge in [0.2, 0.25) is 0 Å². The molecule has 0 saturated carbocycles. The second-order valence-electron chi connectivity index (χ2n) is 3.67. The van der Waals surface area contributed by atoms with Crippen LogP contribution in [0.2, 0.25) is 0 Å². The highest BCUT2D eigenvalue weighted by Crippen LogP contribution is 2.26. The highest BCUT2D eigenvalue weighted by molar-refractivity contribution is 8.06. The Morgan fingerprint density at radius 2 is 1.24 bits per heavy atom. The molecule has 106 valence electrons. The molecule has 0 radical (unpaired) electrons. The van der Waals surface area contributed by atoms with Gasteiger partial charge < -0.3 is 30.0 Å². The van der Waals surface area contributed by atoms with Crippen LogP contribution in [-0.4, -0.2) is 49.8 Å². The van der Waals surface area contributed by atoms with E-state index < -0.39 is 6.72 Å². The van der Waals surface area contributed by atoms with E-state index in [9.17, 15) is 0 Å². The van der Waals surface area contributed by atoms with Crippen molar-refractivity contribution < 1.29 is 30.0 Å². The normalized spacial score (nSPS) is 11.2. The SMILES string of the molecule is OCCCCCCC(CO)CO.OP(O)(O)=S. The molecule has 6 nitrogen and oxygen atoms in total. The third kappa shape index (κ3) is 26.2. The molecular weight excluding hydrogens is 267 g/mol. The van der Waals surface area contributed by atoms with Gasteiger partial charge in [0.15, 0.2) is 0 Å². The van der Waals surface area contributed by atoms with Gasteiger partial charge in [0.25, 0.3) is 0 Å². The van der Waals surface area contributed by atoms with Gasteiger partial charge in [-0.05, 0) is 24.6 Å². The molecule has 6 N–H and O–H groups in total. The van der Waals surface area contributed by atoms with Crippen molar-refractivity contribution in [1.82, 2.24) is 0 Å². The second-order valence-corrected chi connectivity index (χ2v) is 6.17. The van der Waals surface area contributed by atoms with Crippen molar-refractivity contribution in [2.75, 3.05) is 19.8 Å². The minimum absolute atomic E-state index is 0.0547. The summed E-state index contributed by atoms with van der Waals surface area (Å²) in [5.41, 5.74) is 0. The number of aliphatic hydroxyl groups excluding tert-OH is 3. The standard InChI is InChI=1S/C9H20O3.H3O3PS/c10-6-4-2-1-3-5-9(7-11)8-12;1-4(2,3)5/h9-12H,1-8H2;(H3,1,2,3,5). The predicted octanol–water partition coefficient (Wildman–Crippen LogP) is -0.282. The highest BCUT2D eigenvalue weighted by Gasteiger charge is 2.04. The number of aliphatic hydroxyl groups is 3. The zero-order valence-electron chi connectivity index (χ0n) is 9.77. The lowest BCUT2D eigenvalue weighted by Crippen LogP contribution is -2.10. The number of hydrogen-bond acceptors (Lipinski definition) is 4. The van der Waals surface area contributed by atoms with E-state index in [0.29, 0.717) is 0 Å². The molecule has 0 aliphatic rings. The Bertz CT molecular complexity index is 186. The van der Waals surface area contributed by atoms with E-state index in [-0.39, 0.29) is 25.7 Å². The molecule has 0 atom stereocenters. The maximum Gasteiger partial charge on any atom is 0.319 e. The van der Waals surface area contributed by atoms with Crippen molar-refractivity contribution in [3.8, 4) is 0 Å².